The van der Waals surface area contributed by atoms with Crippen molar-refractivity contribution < 1.29 is 19.1 Å². The number of aryl methyl sites for hydroxylation is 1. The highest BCUT2D eigenvalue weighted by molar-refractivity contribution is 6.36. The third-order valence-electron chi connectivity index (χ3n) is 4.74. The first-order valence-corrected chi connectivity index (χ1v) is 9.71. The third kappa shape index (κ3) is 4.66. The van der Waals surface area contributed by atoms with E-state index in [1.54, 1.807) is 19.2 Å². The Hall–Kier alpha value is -3.12. The summed E-state index contributed by atoms with van der Waals surface area (Å²) in [4.78, 5) is 27.5. The number of anilines is 1. The van der Waals surface area contributed by atoms with Crippen LogP contribution in [0.1, 0.15) is 24.5 Å². The van der Waals surface area contributed by atoms with Gasteiger partial charge in [0.2, 0.25) is 0 Å². The Morgan fingerprint density at radius 1 is 0.966 bits per heavy atom. The minimum absolute atomic E-state index is 0.286. The number of hydrogen-bond donors (Lipinski definition) is 1. The fourth-order valence-corrected chi connectivity index (χ4v) is 3.17. The maximum atomic E-state index is 13.1. The van der Waals surface area contributed by atoms with Crippen molar-refractivity contribution in [3.63, 3.8) is 0 Å². The number of benzene rings is 2. The Balaban J connectivity index is 1.91. The molecule has 2 aromatic rings. The van der Waals surface area contributed by atoms with Gasteiger partial charge in [0.05, 0.1) is 12.7 Å². The maximum Gasteiger partial charge on any atom is 0.278 e. The number of carbonyl (C=O) groups is 2. The Morgan fingerprint density at radius 2 is 1.66 bits per heavy atom. The minimum Gasteiger partial charge on any atom is -0.497 e. The van der Waals surface area contributed by atoms with E-state index < -0.39 is 0 Å². The standard InChI is InChI=1S/C23H26N2O4/c1-4-29-15-5-14-25-22(26)20(17-8-6-16(2)7-9-17)21(23(25)27)24-18-10-12-19(28-3)13-11-18/h6-13,24H,4-5,14-15H2,1-3H3. The van der Waals surface area contributed by atoms with Gasteiger partial charge in [-0.15, -0.1) is 0 Å². The van der Waals surface area contributed by atoms with E-state index in [1.165, 1.54) is 4.90 Å². The molecule has 6 nitrogen and oxygen atoms in total. The molecule has 6 heteroatoms. The number of imide groups is 1. The molecule has 1 aliphatic heterocycles. The molecule has 0 saturated heterocycles. The molecular formula is C23H26N2O4. The molecule has 0 spiro atoms. The monoisotopic (exact) mass is 394 g/mol. The van der Waals surface area contributed by atoms with Crippen LogP contribution in [-0.4, -0.2) is 43.6 Å². The van der Waals surface area contributed by atoms with E-state index in [4.69, 9.17) is 9.47 Å². The van der Waals surface area contributed by atoms with Gasteiger partial charge in [0.1, 0.15) is 11.4 Å². The molecule has 0 unspecified atom stereocenters. The average Bonchev–Trinajstić information content (AvgIpc) is 2.96. The molecule has 3 rings (SSSR count). The number of rotatable bonds is 9. The highest BCUT2D eigenvalue weighted by Gasteiger charge is 2.38. The molecule has 0 saturated carbocycles. The van der Waals surface area contributed by atoms with E-state index in [1.807, 2.05) is 50.2 Å². The first-order chi connectivity index (χ1) is 14.0. The lowest BCUT2D eigenvalue weighted by Gasteiger charge is -2.15. The zero-order chi connectivity index (χ0) is 20.8. The van der Waals surface area contributed by atoms with E-state index in [0.29, 0.717) is 43.1 Å². The number of ether oxygens (including phenoxy) is 2. The molecule has 2 amide bonds. The van der Waals surface area contributed by atoms with Crippen LogP contribution in [0.25, 0.3) is 5.57 Å². The zero-order valence-electron chi connectivity index (χ0n) is 17.0. The van der Waals surface area contributed by atoms with Crippen molar-refractivity contribution >= 4 is 23.1 Å². The molecule has 1 N–H and O–H groups in total. The Labute approximate surface area is 171 Å². The summed E-state index contributed by atoms with van der Waals surface area (Å²) in [7, 11) is 1.60. The second kappa shape index (κ2) is 9.39. The van der Waals surface area contributed by atoms with Gasteiger partial charge in [-0.05, 0) is 50.1 Å². The number of nitrogens with one attached hydrogen (secondary N) is 1. The van der Waals surface area contributed by atoms with E-state index >= 15 is 0 Å². The Morgan fingerprint density at radius 3 is 2.28 bits per heavy atom. The molecule has 152 valence electrons. The molecule has 0 radical (unpaired) electrons. The molecule has 0 aliphatic carbocycles. The molecule has 2 aromatic carbocycles. The fourth-order valence-electron chi connectivity index (χ4n) is 3.17. The summed E-state index contributed by atoms with van der Waals surface area (Å²) in [5.41, 5.74) is 3.20. The number of amides is 2. The summed E-state index contributed by atoms with van der Waals surface area (Å²) in [5, 5.41) is 3.15. The minimum atomic E-state index is -0.321. The number of nitrogens with zero attached hydrogens (tertiary/aromatic N) is 1. The van der Waals surface area contributed by atoms with Gasteiger partial charge in [-0.3, -0.25) is 14.5 Å². The lowest BCUT2D eigenvalue weighted by atomic mass is 10.0. The van der Waals surface area contributed by atoms with Crippen molar-refractivity contribution in [3.8, 4) is 5.75 Å². The van der Waals surface area contributed by atoms with Crippen molar-refractivity contribution in [2.45, 2.75) is 20.3 Å². The second-order valence-electron chi connectivity index (χ2n) is 6.78. The van der Waals surface area contributed by atoms with Crippen molar-refractivity contribution in [1.29, 1.82) is 0 Å². The molecule has 29 heavy (non-hydrogen) atoms. The summed E-state index contributed by atoms with van der Waals surface area (Å²) < 4.78 is 10.5. The first kappa shape index (κ1) is 20.6. The van der Waals surface area contributed by atoms with Crippen LogP contribution in [0.5, 0.6) is 5.75 Å². The van der Waals surface area contributed by atoms with E-state index in [0.717, 1.165) is 16.9 Å². The third-order valence-corrected chi connectivity index (χ3v) is 4.74. The summed E-state index contributed by atoms with van der Waals surface area (Å²) >= 11 is 0. The highest BCUT2D eigenvalue weighted by atomic mass is 16.5. The summed E-state index contributed by atoms with van der Waals surface area (Å²) in [5.74, 6) is 0.110. The largest absolute Gasteiger partial charge is 0.497 e. The lowest BCUT2D eigenvalue weighted by molar-refractivity contribution is -0.137. The van der Waals surface area contributed by atoms with Crippen LogP contribution >= 0.6 is 0 Å². The van der Waals surface area contributed by atoms with Gasteiger partial charge in [0, 0.05) is 25.4 Å². The van der Waals surface area contributed by atoms with Crippen molar-refractivity contribution in [3.05, 3.63) is 65.4 Å². The van der Waals surface area contributed by atoms with Gasteiger partial charge in [-0.25, -0.2) is 0 Å². The molecule has 0 bridgehead atoms. The summed E-state index contributed by atoms with van der Waals surface area (Å²) in [6.07, 6.45) is 0.600. The lowest BCUT2D eigenvalue weighted by Crippen LogP contribution is -2.34. The van der Waals surface area contributed by atoms with Crippen LogP contribution in [0.2, 0.25) is 0 Å². The van der Waals surface area contributed by atoms with Crippen molar-refractivity contribution in [2.24, 2.45) is 0 Å². The van der Waals surface area contributed by atoms with Gasteiger partial charge in [0.25, 0.3) is 11.8 Å². The normalized spacial score (nSPS) is 14.0. The summed E-state index contributed by atoms with van der Waals surface area (Å²) in [6.45, 7) is 5.34. The molecule has 1 heterocycles. The average molecular weight is 394 g/mol. The van der Waals surface area contributed by atoms with Crippen molar-refractivity contribution in [1.82, 2.24) is 4.90 Å². The first-order valence-electron chi connectivity index (χ1n) is 9.71. The van der Waals surface area contributed by atoms with Gasteiger partial charge in [0.15, 0.2) is 0 Å². The molecular weight excluding hydrogens is 368 g/mol. The van der Waals surface area contributed by atoms with Crippen LogP contribution in [0.4, 0.5) is 5.69 Å². The van der Waals surface area contributed by atoms with Crippen molar-refractivity contribution in [2.75, 3.05) is 32.2 Å². The van der Waals surface area contributed by atoms with Gasteiger partial charge in [-0.2, -0.15) is 0 Å². The van der Waals surface area contributed by atoms with Gasteiger partial charge < -0.3 is 14.8 Å². The molecule has 0 aromatic heterocycles. The highest BCUT2D eigenvalue weighted by Crippen LogP contribution is 2.31. The van der Waals surface area contributed by atoms with Gasteiger partial charge in [-0.1, -0.05) is 29.8 Å². The van der Waals surface area contributed by atoms with Crippen LogP contribution in [0, 0.1) is 6.92 Å². The number of methoxy groups -OCH3 is 1. The van der Waals surface area contributed by atoms with E-state index in [9.17, 15) is 9.59 Å². The van der Waals surface area contributed by atoms with Crippen LogP contribution in [0.3, 0.4) is 0 Å². The van der Waals surface area contributed by atoms with E-state index in [-0.39, 0.29) is 11.8 Å². The molecule has 0 atom stereocenters. The topological polar surface area (TPSA) is 67.9 Å². The Kier molecular flexibility index (Phi) is 6.67. The van der Waals surface area contributed by atoms with Crippen LogP contribution in [-0.2, 0) is 14.3 Å². The maximum absolute atomic E-state index is 13.1. The SMILES string of the molecule is CCOCCCN1C(=O)C(Nc2ccc(OC)cc2)=C(c2ccc(C)cc2)C1=O. The van der Waals surface area contributed by atoms with Crippen LogP contribution in [0.15, 0.2) is 54.2 Å². The van der Waals surface area contributed by atoms with Gasteiger partial charge >= 0.3 is 0 Å². The molecule has 0 fully saturated rings. The predicted molar refractivity (Wildman–Crippen MR) is 113 cm³/mol. The summed E-state index contributed by atoms with van der Waals surface area (Å²) in [6, 6.07) is 14.8. The molecule has 1 aliphatic rings. The second-order valence-corrected chi connectivity index (χ2v) is 6.78. The quantitative estimate of drug-likeness (QED) is 0.520. The number of hydrogen-bond acceptors (Lipinski definition) is 5. The van der Waals surface area contributed by atoms with Crippen LogP contribution < -0.4 is 10.1 Å². The predicted octanol–water partition coefficient (Wildman–Crippen LogP) is 3.62. The Bertz CT molecular complexity index is 901. The zero-order valence-corrected chi connectivity index (χ0v) is 17.0. The fraction of sp³-hybridized carbons (Fsp3) is 0.304. The van der Waals surface area contributed by atoms with E-state index in [2.05, 4.69) is 5.32 Å². The number of carbonyl (C=O) groups excluding carboxylic acids is 2. The smallest absolute Gasteiger partial charge is 0.278 e.